The Morgan fingerprint density at radius 2 is 2.39 bits per heavy atom. The van der Waals surface area contributed by atoms with Gasteiger partial charge in [-0.05, 0) is 23.9 Å². The van der Waals surface area contributed by atoms with Crippen molar-refractivity contribution in [1.29, 1.82) is 0 Å². The van der Waals surface area contributed by atoms with Gasteiger partial charge in [0.2, 0.25) is 5.91 Å². The van der Waals surface area contributed by atoms with E-state index < -0.39 is 24.9 Å². The molecule has 7 heteroatoms. The van der Waals surface area contributed by atoms with Crippen LogP contribution in [0.5, 0.6) is 0 Å². The number of halogens is 3. The molecule has 1 amide bonds. The molecule has 1 unspecified atom stereocenters. The molecule has 1 saturated heterocycles. The number of nitrogens with one attached hydrogen (secondary N) is 2. The van der Waals surface area contributed by atoms with Crippen molar-refractivity contribution in [3.63, 3.8) is 0 Å². The fourth-order valence-corrected chi connectivity index (χ4v) is 2.62. The molecule has 18 heavy (non-hydrogen) atoms. The summed E-state index contributed by atoms with van der Waals surface area (Å²) in [5, 5.41) is 7.16. The summed E-state index contributed by atoms with van der Waals surface area (Å²) in [7, 11) is 0. The third-order valence-electron chi connectivity index (χ3n) is 2.82. The molecule has 2 heterocycles. The number of alkyl halides is 2. The number of amides is 1. The molecule has 0 radical (unpaired) electrons. The predicted octanol–water partition coefficient (Wildman–Crippen LogP) is 2.09. The second kappa shape index (κ2) is 5.95. The zero-order chi connectivity index (χ0) is 12.5. The van der Waals surface area contributed by atoms with Gasteiger partial charge in [0.15, 0.2) is 0 Å². The molecule has 1 aromatic rings. The van der Waals surface area contributed by atoms with Crippen LogP contribution in [0.1, 0.15) is 16.9 Å². The van der Waals surface area contributed by atoms with Gasteiger partial charge in [-0.25, -0.2) is 8.78 Å². The van der Waals surface area contributed by atoms with E-state index in [-0.39, 0.29) is 18.3 Å². The number of rotatable bonds is 3. The lowest BCUT2D eigenvalue weighted by molar-refractivity contribution is -0.123. The predicted molar refractivity (Wildman–Crippen MR) is 69.5 cm³/mol. The topological polar surface area (TPSA) is 41.1 Å². The first kappa shape index (κ1) is 15.3. The average Bonchev–Trinajstić information content (AvgIpc) is 2.81. The summed E-state index contributed by atoms with van der Waals surface area (Å²) in [5.74, 6) is -3.11. The Morgan fingerprint density at radius 1 is 1.67 bits per heavy atom. The van der Waals surface area contributed by atoms with E-state index in [9.17, 15) is 13.6 Å². The Balaban J connectivity index is 0.00000162. The normalized spacial score (nSPS) is 21.4. The first-order valence-electron chi connectivity index (χ1n) is 5.40. The van der Waals surface area contributed by atoms with Crippen molar-refractivity contribution in [2.75, 3.05) is 6.54 Å². The average molecular weight is 297 g/mol. The summed E-state index contributed by atoms with van der Waals surface area (Å²) in [6.45, 7) is 1.95. The minimum Gasteiger partial charge on any atom is -0.350 e. The first-order valence-corrected chi connectivity index (χ1v) is 6.28. The largest absolute Gasteiger partial charge is 0.350 e. The van der Waals surface area contributed by atoms with Crippen LogP contribution >= 0.6 is 23.7 Å². The third kappa shape index (κ3) is 3.63. The number of hydrogen-bond acceptors (Lipinski definition) is 3. The molecule has 1 aliphatic heterocycles. The van der Waals surface area contributed by atoms with E-state index in [0.717, 1.165) is 10.4 Å². The number of aryl methyl sites for hydroxylation is 1. The quantitative estimate of drug-likeness (QED) is 0.897. The van der Waals surface area contributed by atoms with Gasteiger partial charge >= 0.3 is 0 Å². The molecule has 2 N–H and O–H groups in total. The number of carbonyl (C=O) groups is 1. The van der Waals surface area contributed by atoms with Crippen LogP contribution in [-0.2, 0) is 11.3 Å². The fourth-order valence-electron chi connectivity index (χ4n) is 1.78. The Bertz CT molecular complexity index is 425. The zero-order valence-corrected chi connectivity index (χ0v) is 11.5. The SMILES string of the molecule is Cc1ccsc1CNC(=O)C1CC(F)(F)CN1.Cl. The van der Waals surface area contributed by atoms with Crippen molar-refractivity contribution in [2.45, 2.75) is 31.9 Å². The summed E-state index contributed by atoms with van der Waals surface area (Å²) in [5.41, 5.74) is 1.11. The Morgan fingerprint density at radius 3 is 2.89 bits per heavy atom. The third-order valence-corrected chi connectivity index (χ3v) is 3.84. The van der Waals surface area contributed by atoms with Crippen molar-refractivity contribution in [1.82, 2.24) is 10.6 Å². The summed E-state index contributed by atoms with van der Waals surface area (Å²) in [6.07, 6.45) is -0.414. The maximum absolute atomic E-state index is 12.9. The fraction of sp³-hybridized carbons (Fsp3) is 0.545. The Hall–Kier alpha value is -0.720. The highest BCUT2D eigenvalue weighted by Crippen LogP contribution is 2.25. The number of hydrogen-bond donors (Lipinski definition) is 2. The van der Waals surface area contributed by atoms with Gasteiger partial charge in [0.25, 0.3) is 5.92 Å². The van der Waals surface area contributed by atoms with Gasteiger partial charge in [-0.15, -0.1) is 23.7 Å². The maximum Gasteiger partial charge on any atom is 0.262 e. The number of carbonyl (C=O) groups excluding carboxylic acids is 1. The zero-order valence-electron chi connectivity index (χ0n) is 9.83. The molecule has 0 aliphatic carbocycles. The highest BCUT2D eigenvalue weighted by Gasteiger charge is 2.42. The molecule has 0 spiro atoms. The van der Waals surface area contributed by atoms with Crippen molar-refractivity contribution in [3.05, 3.63) is 21.9 Å². The van der Waals surface area contributed by atoms with Crippen molar-refractivity contribution >= 4 is 29.7 Å². The molecule has 2 rings (SSSR count). The number of thiophene rings is 1. The molecular formula is C11H15ClF2N2OS. The summed E-state index contributed by atoms with van der Waals surface area (Å²) < 4.78 is 25.8. The van der Waals surface area contributed by atoms with Crippen molar-refractivity contribution < 1.29 is 13.6 Å². The van der Waals surface area contributed by atoms with Gasteiger partial charge in [0.05, 0.1) is 19.1 Å². The van der Waals surface area contributed by atoms with E-state index >= 15 is 0 Å². The van der Waals surface area contributed by atoms with Crippen LogP contribution < -0.4 is 10.6 Å². The van der Waals surface area contributed by atoms with Crippen molar-refractivity contribution in [2.24, 2.45) is 0 Å². The minimum absolute atomic E-state index is 0. The Kier molecular flexibility index (Phi) is 5.07. The van der Waals surface area contributed by atoms with Crippen LogP contribution in [0.25, 0.3) is 0 Å². The van der Waals surface area contributed by atoms with Gasteiger partial charge in [-0.1, -0.05) is 0 Å². The lowest BCUT2D eigenvalue weighted by Crippen LogP contribution is -2.39. The molecule has 3 nitrogen and oxygen atoms in total. The molecule has 0 aromatic carbocycles. The molecule has 0 saturated carbocycles. The summed E-state index contributed by atoms with van der Waals surface area (Å²) in [4.78, 5) is 12.7. The molecule has 1 fully saturated rings. The first-order chi connectivity index (χ1) is 7.98. The highest BCUT2D eigenvalue weighted by molar-refractivity contribution is 7.10. The molecule has 102 valence electrons. The van der Waals surface area contributed by atoms with Gasteiger partial charge in [-0.3, -0.25) is 10.1 Å². The lowest BCUT2D eigenvalue weighted by atomic mass is 10.2. The Labute approximate surface area is 114 Å². The van der Waals surface area contributed by atoms with E-state index in [1.54, 1.807) is 11.3 Å². The molecule has 1 atom stereocenters. The maximum atomic E-state index is 12.9. The van der Waals surface area contributed by atoms with Crippen LogP contribution in [0.3, 0.4) is 0 Å². The van der Waals surface area contributed by atoms with E-state index in [1.807, 2.05) is 18.4 Å². The van der Waals surface area contributed by atoms with Crippen LogP contribution in [0, 0.1) is 6.92 Å². The summed E-state index contributed by atoms with van der Waals surface area (Å²) in [6, 6.07) is 1.19. The van der Waals surface area contributed by atoms with Gasteiger partial charge in [0, 0.05) is 11.3 Å². The smallest absolute Gasteiger partial charge is 0.262 e. The van der Waals surface area contributed by atoms with Crippen molar-refractivity contribution in [3.8, 4) is 0 Å². The molecule has 0 bridgehead atoms. The summed E-state index contributed by atoms with van der Waals surface area (Å²) >= 11 is 1.55. The van der Waals surface area contributed by atoms with Gasteiger partial charge in [0.1, 0.15) is 0 Å². The monoisotopic (exact) mass is 296 g/mol. The van der Waals surface area contributed by atoms with E-state index in [2.05, 4.69) is 10.6 Å². The second-order valence-electron chi connectivity index (χ2n) is 4.24. The van der Waals surface area contributed by atoms with Crippen LogP contribution in [0.15, 0.2) is 11.4 Å². The van der Waals surface area contributed by atoms with Crippen LogP contribution in [0.2, 0.25) is 0 Å². The lowest BCUT2D eigenvalue weighted by Gasteiger charge is -2.10. The second-order valence-corrected chi connectivity index (χ2v) is 5.24. The van der Waals surface area contributed by atoms with Gasteiger partial charge < -0.3 is 5.32 Å². The van der Waals surface area contributed by atoms with E-state index in [1.165, 1.54) is 0 Å². The van der Waals surface area contributed by atoms with Crippen LogP contribution in [-0.4, -0.2) is 24.4 Å². The van der Waals surface area contributed by atoms with E-state index in [0.29, 0.717) is 6.54 Å². The molecule has 1 aromatic heterocycles. The molecular weight excluding hydrogens is 282 g/mol. The molecule has 1 aliphatic rings. The standard InChI is InChI=1S/C11H14F2N2OS.ClH/c1-7-2-3-17-9(7)5-14-10(16)8-4-11(12,13)6-15-8;/h2-3,8,15H,4-6H2,1H3,(H,14,16);1H. The van der Waals surface area contributed by atoms with Gasteiger partial charge in [-0.2, -0.15) is 0 Å². The van der Waals surface area contributed by atoms with E-state index in [4.69, 9.17) is 0 Å². The highest BCUT2D eigenvalue weighted by atomic mass is 35.5. The minimum atomic E-state index is -2.76. The van der Waals surface area contributed by atoms with Crippen LogP contribution in [0.4, 0.5) is 8.78 Å².